The number of carbonyl (C=O) groups excluding carboxylic acids is 1. The van der Waals surface area contributed by atoms with E-state index in [-0.39, 0.29) is 18.9 Å². The van der Waals surface area contributed by atoms with Gasteiger partial charge in [0.25, 0.3) is 0 Å². The van der Waals surface area contributed by atoms with Crippen LogP contribution >= 0.6 is 0 Å². The van der Waals surface area contributed by atoms with Gasteiger partial charge in [-0.3, -0.25) is 9.78 Å². The molecule has 2 rings (SSSR count). The summed E-state index contributed by atoms with van der Waals surface area (Å²) in [6.45, 7) is 2.26. The normalized spacial score (nSPS) is 12.1. The van der Waals surface area contributed by atoms with Crippen molar-refractivity contribution in [3.8, 4) is 11.4 Å². The van der Waals surface area contributed by atoms with Gasteiger partial charge in [0.2, 0.25) is 17.6 Å². The highest BCUT2D eigenvalue weighted by atomic mass is 16.5. The van der Waals surface area contributed by atoms with E-state index >= 15 is 0 Å². The summed E-state index contributed by atoms with van der Waals surface area (Å²) in [6.07, 6.45) is 5.00. The van der Waals surface area contributed by atoms with E-state index in [4.69, 9.17) is 4.52 Å². The monoisotopic (exact) mass is 304 g/mol. The largest absolute Gasteiger partial charge is 0.391 e. The summed E-state index contributed by atoms with van der Waals surface area (Å²) in [4.78, 5) is 19.9. The molecule has 0 radical (unpaired) electrons. The number of aliphatic hydroxyl groups excluding tert-OH is 1. The summed E-state index contributed by atoms with van der Waals surface area (Å²) in [6, 6.07) is 3.63. The Hall–Kier alpha value is -2.28. The van der Waals surface area contributed by atoms with Crippen LogP contribution in [0, 0.1) is 0 Å². The zero-order valence-corrected chi connectivity index (χ0v) is 12.5. The van der Waals surface area contributed by atoms with Gasteiger partial charge in [0, 0.05) is 37.3 Å². The van der Waals surface area contributed by atoms with Crippen molar-refractivity contribution in [3.63, 3.8) is 0 Å². The molecule has 2 N–H and O–H groups in total. The van der Waals surface area contributed by atoms with E-state index in [9.17, 15) is 9.90 Å². The number of aromatic nitrogens is 3. The lowest BCUT2D eigenvalue weighted by molar-refractivity contribution is -0.121. The van der Waals surface area contributed by atoms with Gasteiger partial charge in [-0.15, -0.1) is 0 Å². The number of aryl methyl sites for hydroxylation is 1. The predicted octanol–water partition coefficient (Wildman–Crippen LogP) is 1.34. The van der Waals surface area contributed by atoms with Crippen LogP contribution in [0.5, 0.6) is 0 Å². The van der Waals surface area contributed by atoms with Crippen molar-refractivity contribution in [3.05, 3.63) is 30.4 Å². The summed E-state index contributed by atoms with van der Waals surface area (Å²) in [5, 5.41) is 16.1. The van der Waals surface area contributed by atoms with Crippen molar-refractivity contribution in [1.82, 2.24) is 20.4 Å². The molecule has 7 heteroatoms. The Balaban J connectivity index is 1.78. The van der Waals surface area contributed by atoms with Crippen LogP contribution in [0.1, 0.15) is 32.1 Å². The quantitative estimate of drug-likeness (QED) is 0.763. The standard InChI is InChI=1S/C15H20N4O3/c1-2-4-12(20)10-17-13(21)6-7-14-18-15(19-22-14)11-5-3-8-16-9-11/h3,5,8-9,12,20H,2,4,6-7,10H2,1H3,(H,17,21). The number of pyridine rings is 1. The summed E-state index contributed by atoms with van der Waals surface area (Å²) < 4.78 is 5.12. The molecule has 2 aromatic rings. The number of hydrogen-bond donors (Lipinski definition) is 2. The summed E-state index contributed by atoms with van der Waals surface area (Å²) >= 11 is 0. The number of nitrogens with zero attached hydrogens (tertiary/aromatic N) is 3. The average molecular weight is 304 g/mol. The zero-order chi connectivity index (χ0) is 15.8. The maximum atomic E-state index is 11.7. The Bertz CT molecular complexity index is 585. The van der Waals surface area contributed by atoms with Crippen molar-refractivity contribution in [2.75, 3.05) is 6.54 Å². The van der Waals surface area contributed by atoms with E-state index in [0.29, 0.717) is 24.6 Å². The van der Waals surface area contributed by atoms with Crippen molar-refractivity contribution in [2.45, 2.75) is 38.7 Å². The Morgan fingerprint density at radius 1 is 1.50 bits per heavy atom. The molecule has 1 unspecified atom stereocenters. The molecule has 0 aliphatic rings. The van der Waals surface area contributed by atoms with Crippen LogP contribution in [-0.4, -0.2) is 38.8 Å². The molecule has 1 amide bonds. The van der Waals surface area contributed by atoms with Crippen LogP contribution < -0.4 is 5.32 Å². The lowest BCUT2D eigenvalue weighted by Gasteiger charge is -2.09. The van der Waals surface area contributed by atoms with Gasteiger partial charge in [-0.1, -0.05) is 18.5 Å². The van der Waals surface area contributed by atoms with Crippen LogP contribution in [0.2, 0.25) is 0 Å². The molecule has 0 aliphatic heterocycles. The smallest absolute Gasteiger partial charge is 0.227 e. The molecule has 0 fully saturated rings. The van der Waals surface area contributed by atoms with Gasteiger partial charge in [-0.25, -0.2) is 0 Å². The molecule has 0 saturated heterocycles. The summed E-state index contributed by atoms with van der Waals surface area (Å²) in [5.74, 6) is 0.723. The third-order valence-corrected chi connectivity index (χ3v) is 3.11. The minimum absolute atomic E-state index is 0.142. The van der Waals surface area contributed by atoms with Gasteiger partial charge in [0.05, 0.1) is 6.10 Å². The van der Waals surface area contributed by atoms with Crippen LogP contribution in [0.4, 0.5) is 0 Å². The molecular weight excluding hydrogens is 284 g/mol. The van der Waals surface area contributed by atoms with E-state index in [1.807, 2.05) is 13.0 Å². The number of amides is 1. The number of aliphatic hydroxyl groups is 1. The van der Waals surface area contributed by atoms with Crippen molar-refractivity contribution >= 4 is 5.91 Å². The first kappa shape index (κ1) is 16.1. The second-order valence-corrected chi connectivity index (χ2v) is 5.00. The molecule has 118 valence electrons. The van der Waals surface area contributed by atoms with E-state index in [2.05, 4.69) is 20.4 Å². The molecule has 22 heavy (non-hydrogen) atoms. The minimum Gasteiger partial charge on any atom is -0.391 e. The van der Waals surface area contributed by atoms with E-state index in [1.54, 1.807) is 18.5 Å². The van der Waals surface area contributed by atoms with Crippen LogP contribution in [-0.2, 0) is 11.2 Å². The fraction of sp³-hybridized carbons (Fsp3) is 0.467. The van der Waals surface area contributed by atoms with E-state index < -0.39 is 6.10 Å². The molecule has 7 nitrogen and oxygen atoms in total. The molecule has 0 spiro atoms. The summed E-state index contributed by atoms with van der Waals surface area (Å²) in [5.41, 5.74) is 0.768. The second kappa shape index (κ2) is 8.23. The van der Waals surface area contributed by atoms with Gasteiger partial charge >= 0.3 is 0 Å². The number of hydrogen-bond acceptors (Lipinski definition) is 6. The summed E-state index contributed by atoms with van der Waals surface area (Å²) in [7, 11) is 0. The topological polar surface area (TPSA) is 101 Å². The lowest BCUT2D eigenvalue weighted by Crippen LogP contribution is -2.32. The third kappa shape index (κ3) is 4.92. The maximum absolute atomic E-state index is 11.7. The number of nitrogens with one attached hydrogen (secondary N) is 1. The van der Waals surface area contributed by atoms with Gasteiger partial charge in [0.1, 0.15) is 0 Å². The SMILES string of the molecule is CCCC(O)CNC(=O)CCc1nc(-c2cccnc2)no1. The third-order valence-electron chi connectivity index (χ3n) is 3.11. The fourth-order valence-electron chi connectivity index (χ4n) is 1.94. The van der Waals surface area contributed by atoms with Crippen LogP contribution in [0.3, 0.4) is 0 Å². The predicted molar refractivity (Wildman–Crippen MR) is 79.8 cm³/mol. The Morgan fingerprint density at radius 2 is 2.36 bits per heavy atom. The first-order chi connectivity index (χ1) is 10.7. The first-order valence-electron chi connectivity index (χ1n) is 7.36. The van der Waals surface area contributed by atoms with E-state index in [0.717, 1.165) is 12.0 Å². The molecule has 0 bridgehead atoms. The molecule has 1 atom stereocenters. The molecule has 2 aromatic heterocycles. The Morgan fingerprint density at radius 3 is 3.09 bits per heavy atom. The Kier molecular flexibility index (Phi) is 6.02. The maximum Gasteiger partial charge on any atom is 0.227 e. The molecule has 0 saturated carbocycles. The highest BCUT2D eigenvalue weighted by Crippen LogP contribution is 2.14. The Labute approximate surface area is 128 Å². The van der Waals surface area contributed by atoms with Crippen LogP contribution in [0.15, 0.2) is 29.0 Å². The second-order valence-electron chi connectivity index (χ2n) is 5.00. The molecule has 0 aromatic carbocycles. The molecular formula is C15H20N4O3. The highest BCUT2D eigenvalue weighted by Gasteiger charge is 2.11. The minimum atomic E-state index is -0.491. The van der Waals surface area contributed by atoms with Gasteiger partial charge in [-0.05, 0) is 18.6 Å². The van der Waals surface area contributed by atoms with Crippen molar-refractivity contribution < 1.29 is 14.4 Å². The lowest BCUT2D eigenvalue weighted by atomic mass is 10.2. The molecule has 2 heterocycles. The average Bonchev–Trinajstić information content (AvgIpc) is 3.01. The van der Waals surface area contributed by atoms with Gasteiger partial charge in [0.15, 0.2) is 0 Å². The van der Waals surface area contributed by atoms with Gasteiger partial charge < -0.3 is 14.9 Å². The molecule has 0 aliphatic carbocycles. The van der Waals surface area contributed by atoms with E-state index in [1.165, 1.54) is 0 Å². The van der Waals surface area contributed by atoms with Crippen molar-refractivity contribution in [1.29, 1.82) is 0 Å². The van der Waals surface area contributed by atoms with Crippen LogP contribution in [0.25, 0.3) is 11.4 Å². The zero-order valence-electron chi connectivity index (χ0n) is 12.5. The fourth-order valence-corrected chi connectivity index (χ4v) is 1.94. The van der Waals surface area contributed by atoms with Crippen molar-refractivity contribution in [2.24, 2.45) is 0 Å². The number of carbonyl (C=O) groups is 1. The first-order valence-corrected chi connectivity index (χ1v) is 7.36. The highest BCUT2D eigenvalue weighted by molar-refractivity contribution is 5.76. The number of rotatable bonds is 8. The van der Waals surface area contributed by atoms with Gasteiger partial charge in [-0.2, -0.15) is 4.98 Å².